The number of aromatic nitrogens is 2. The molecule has 0 aliphatic carbocycles. The Morgan fingerprint density at radius 3 is 2.83 bits per heavy atom. The van der Waals surface area contributed by atoms with E-state index < -0.39 is 6.10 Å². The maximum atomic E-state index is 11.7. The number of aliphatic hydroxyl groups excluding tert-OH is 1. The third-order valence-corrected chi connectivity index (χ3v) is 5.22. The quantitative estimate of drug-likeness (QED) is 0.882. The van der Waals surface area contributed by atoms with Gasteiger partial charge in [-0.2, -0.15) is 0 Å². The predicted octanol–water partition coefficient (Wildman–Crippen LogP) is 0.823. The first kappa shape index (κ1) is 17.1. The van der Waals surface area contributed by atoms with Gasteiger partial charge in [-0.1, -0.05) is 0 Å². The third-order valence-electron chi connectivity index (χ3n) is 5.22. The Labute approximate surface area is 142 Å². The zero-order chi connectivity index (χ0) is 17.2. The molecule has 0 saturated carbocycles. The van der Waals surface area contributed by atoms with Crippen molar-refractivity contribution in [2.45, 2.75) is 38.9 Å². The summed E-state index contributed by atoms with van der Waals surface area (Å²) in [5.74, 6) is 0.974. The second kappa shape index (κ2) is 7.03. The molecule has 1 aromatic heterocycles. The summed E-state index contributed by atoms with van der Waals surface area (Å²) in [6, 6.07) is 1.97. The molecule has 1 spiro atoms. The first-order valence-electron chi connectivity index (χ1n) is 8.50. The predicted molar refractivity (Wildman–Crippen MR) is 89.5 cm³/mol. The van der Waals surface area contributed by atoms with E-state index in [4.69, 9.17) is 4.74 Å². The normalized spacial score (nSPS) is 23.5. The van der Waals surface area contributed by atoms with Crippen LogP contribution in [-0.2, 0) is 16.1 Å². The molecule has 7 nitrogen and oxygen atoms in total. The van der Waals surface area contributed by atoms with Crippen molar-refractivity contribution in [2.24, 2.45) is 5.41 Å². The van der Waals surface area contributed by atoms with Crippen LogP contribution < -0.4 is 4.90 Å². The van der Waals surface area contributed by atoms with Crippen LogP contribution in [0.25, 0.3) is 0 Å². The summed E-state index contributed by atoms with van der Waals surface area (Å²) in [4.78, 5) is 24.4. The fourth-order valence-electron chi connectivity index (χ4n) is 3.95. The van der Waals surface area contributed by atoms with Crippen LogP contribution in [0.15, 0.2) is 12.4 Å². The van der Waals surface area contributed by atoms with Gasteiger partial charge in [0.05, 0.1) is 18.4 Å². The topological polar surface area (TPSA) is 78.8 Å². The van der Waals surface area contributed by atoms with Crippen LogP contribution >= 0.6 is 0 Å². The summed E-state index contributed by atoms with van der Waals surface area (Å²) in [5.41, 5.74) is 0.904. The van der Waals surface area contributed by atoms with Gasteiger partial charge in [-0.25, -0.2) is 9.97 Å². The van der Waals surface area contributed by atoms with E-state index in [-0.39, 0.29) is 11.3 Å². The Balaban J connectivity index is 1.66. The smallest absolute Gasteiger partial charge is 0.219 e. The fraction of sp³-hybridized carbons (Fsp3) is 0.706. The molecule has 2 aliphatic rings. The van der Waals surface area contributed by atoms with Crippen LogP contribution in [0.2, 0.25) is 0 Å². The molecule has 2 fully saturated rings. The van der Waals surface area contributed by atoms with Crippen molar-refractivity contribution in [3.05, 3.63) is 18.1 Å². The number of nitrogens with zero attached hydrogens (tertiary/aromatic N) is 4. The molecule has 2 aliphatic heterocycles. The number of aliphatic hydroxyl groups is 1. The second-order valence-corrected chi connectivity index (χ2v) is 7.05. The Kier molecular flexibility index (Phi) is 5.01. The maximum absolute atomic E-state index is 11.7. The van der Waals surface area contributed by atoms with Crippen LogP contribution in [0.5, 0.6) is 0 Å². The van der Waals surface area contributed by atoms with Gasteiger partial charge in [-0.15, -0.1) is 0 Å². The highest BCUT2D eigenvalue weighted by Gasteiger charge is 2.42. The van der Waals surface area contributed by atoms with E-state index in [1.165, 1.54) is 0 Å². The molecule has 24 heavy (non-hydrogen) atoms. The maximum Gasteiger partial charge on any atom is 0.219 e. The standard InChI is InChI=1S/C17H26N4O3/c1-13(22)21-9-15(23)8-17(11-21)3-5-20(6-4-17)16-7-14(10-24-2)18-12-19-16/h7,12,15,23H,3-6,8-11H2,1-2H3. The molecule has 1 amide bonds. The molecule has 0 radical (unpaired) electrons. The number of likely N-dealkylation sites (tertiary alicyclic amines) is 1. The van der Waals surface area contributed by atoms with E-state index in [0.29, 0.717) is 13.2 Å². The van der Waals surface area contributed by atoms with Crippen LogP contribution in [-0.4, -0.2) is 65.3 Å². The van der Waals surface area contributed by atoms with Gasteiger partial charge in [0.25, 0.3) is 0 Å². The fourth-order valence-corrected chi connectivity index (χ4v) is 3.95. The largest absolute Gasteiger partial charge is 0.391 e. The minimum absolute atomic E-state index is 0.0300. The second-order valence-electron chi connectivity index (χ2n) is 7.05. The molecule has 0 aromatic carbocycles. The first-order valence-corrected chi connectivity index (χ1v) is 8.50. The van der Waals surface area contributed by atoms with Gasteiger partial charge in [-0.05, 0) is 24.7 Å². The average Bonchev–Trinajstić information content (AvgIpc) is 2.55. The van der Waals surface area contributed by atoms with E-state index >= 15 is 0 Å². The van der Waals surface area contributed by atoms with Gasteiger partial charge in [0.15, 0.2) is 0 Å². The molecular formula is C17H26N4O3. The summed E-state index contributed by atoms with van der Waals surface area (Å²) >= 11 is 0. The number of amides is 1. The molecule has 1 N–H and O–H groups in total. The lowest BCUT2D eigenvalue weighted by Crippen LogP contribution is -2.55. The molecule has 1 unspecified atom stereocenters. The SMILES string of the molecule is COCc1cc(N2CCC3(CC2)CC(O)CN(C(C)=O)C3)ncn1. The van der Waals surface area contributed by atoms with Crippen LogP contribution in [0.1, 0.15) is 31.9 Å². The number of hydrogen-bond acceptors (Lipinski definition) is 6. The van der Waals surface area contributed by atoms with Crippen molar-refractivity contribution in [1.29, 1.82) is 0 Å². The molecule has 7 heteroatoms. The highest BCUT2D eigenvalue weighted by atomic mass is 16.5. The number of rotatable bonds is 3. The summed E-state index contributed by atoms with van der Waals surface area (Å²) in [6.45, 7) is 5.04. The molecular weight excluding hydrogens is 308 g/mol. The van der Waals surface area contributed by atoms with Crippen molar-refractivity contribution in [3.63, 3.8) is 0 Å². The van der Waals surface area contributed by atoms with Gasteiger partial charge >= 0.3 is 0 Å². The zero-order valence-electron chi connectivity index (χ0n) is 14.4. The molecule has 3 rings (SSSR count). The number of ether oxygens (including phenoxy) is 1. The summed E-state index contributed by atoms with van der Waals surface area (Å²) in [6.07, 6.45) is 3.86. The minimum Gasteiger partial charge on any atom is -0.391 e. The Morgan fingerprint density at radius 2 is 2.17 bits per heavy atom. The average molecular weight is 334 g/mol. The highest BCUT2D eigenvalue weighted by Crippen LogP contribution is 2.40. The van der Waals surface area contributed by atoms with Crippen LogP contribution in [0.3, 0.4) is 0 Å². The number of hydrogen-bond donors (Lipinski definition) is 1. The van der Waals surface area contributed by atoms with E-state index in [1.54, 1.807) is 25.3 Å². The number of anilines is 1. The van der Waals surface area contributed by atoms with Crippen molar-refractivity contribution in [3.8, 4) is 0 Å². The molecule has 2 saturated heterocycles. The Hall–Kier alpha value is -1.73. The molecule has 1 aromatic rings. The van der Waals surface area contributed by atoms with E-state index in [9.17, 15) is 9.90 Å². The molecule has 1 atom stereocenters. The van der Waals surface area contributed by atoms with E-state index in [0.717, 1.165) is 50.4 Å². The van der Waals surface area contributed by atoms with Gasteiger partial charge in [0, 0.05) is 46.3 Å². The lowest BCUT2D eigenvalue weighted by molar-refractivity contribution is -0.137. The van der Waals surface area contributed by atoms with Crippen molar-refractivity contribution in [2.75, 3.05) is 38.2 Å². The number of carbonyl (C=O) groups is 1. The van der Waals surface area contributed by atoms with Crippen molar-refractivity contribution < 1.29 is 14.6 Å². The monoisotopic (exact) mass is 334 g/mol. The zero-order valence-corrected chi connectivity index (χ0v) is 14.4. The van der Waals surface area contributed by atoms with Gasteiger partial charge < -0.3 is 19.6 Å². The third kappa shape index (κ3) is 3.67. The Morgan fingerprint density at radius 1 is 1.42 bits per heavy atom. The summed E-state index contributed by atoms with van der Waals surface area (Å²) in [7, 11) is 1.65. The highest BCUT2D eigenvalue weighted by molar-refractivity contribution is 5.73. The Bertz CT molecular complexity index is 587. The lowest BCUT2D eigenvalue weighted by Gasteiger charge is -2.49. The van der Waals surface area contributed by atoms with Gasteiger partial charge in [0.2, 0.25) is 5.91 Å². The molecule has 0 bridgehead atoms. The molecule has 132 valence electrons. The van der Waals surface area contributed by atoms with E-state index in [1.807, 2.05) is 6.07 Å². The summed E-state index contributed by atoms with van der Waals surface area (Å²) < 4.78 is 5.13. The van der Waals surface area contributed by atoms with Crippen LogP contribution in [0, 0.1) is 5.41 Å². The van der Waals surface area contributed by atoms with E-state index in [2.05, 4.69) is 14.9 Å². The number of carbonyl (C=O) groups excluding carboxylic acids is 1. The van der Waals surface area contributed by atoms with Crippen LogP contribution in [0.4, 0.5) is 5.82 Å². The number of β-amino-alcohol motifs (C(OH)–C–C–N with tert-alkyl or cyclic N) is 1. The summed E-state index contributed by atoms with van der Waals surface area (Å²) in [5, 5.41) is 10.2. The first-order chi connectivity index (χ1) is 11.5. The minimum atomic E-state index is -0.415. The van der Waals surface area contributed by atoms with Crippen molar-refractivity contribution >= 4 is 11.7 Å². The molecule has 3 heterocycles. The number of piperidine rings is 2. The number of methoxy groups -OCH3 is 1. The van der Waals surface area contributed by atoms with Gasteiger partial charge in [0.1, 0.15) is 12.1 Å². The lowest BCUT2D eigenvalue weighted by atomic mass is 9.71. The van der Waals surface area contributed by atoms with Gasteiger partial charge in [-0.3, -0.25) is 4.79 Å². The van der Waals surface area contributed by atoms with Crippen molar-refractivity contribution in [1.82, 2.24) is 14.9 Å².